The van der Waals surface area contributed by atoms with E-state index in [0.29, 0.717) is 28.4 Å². The average Bonchev–Trinajstić information content (AvgIpc) is 2.79. The van der Waals surface area contributed by atoms with Gasteiger partial charge in [-0.1, -0.05) is 35.9 Å². The molecule has 3 aromatic carbocycles. The Bertz CT molecular complexity index is 1350. The van der Waals surface area contributed by atoms with Crippen molar-refractivity contribution in [2.24, 2.45) is 0 Å². The second-order valence-corrected chi connectivity index (χ2v) is 10.8. The van der Waals surface area contributed by atoms with Crippen LogP contribution < -0.4 is 10.0 Å². The summed E-state index contributed by atoms with van der Waals surface area (Å²) in [5.74, 6) is -0.305. The first-order valence-corrected chi connectivity index (χ1v) is 13.1. The van der Waals surface area contributed by atoms with E-state index in [-0.39, 0.29) is 10.9 Å². The largest absolute Gasteiger partial charge is 0.468 e. The summed E-state index contributed by atoms with van der Waals surface area (Å²) < 4.78 is 33.6. The molecule has 0 saturated carbocycles. The molecule has 0 spiro atoms. The van der Waals surface area contributed by atoms with E-state index in [4.69, 9.17) is 16.3 Å². The number of nitrogens with one attached hydrogen (secondary N) is 2. The Morgan fingerprint density at radius 2 is 1.60 bits per heavy atom. The maximum Gasteiger partial charge on any atom is 0.322 e. The molecule has 0 aliphatic rings. The number of ether oxygens (including phenoxy) is 1. The first-order chi connectivity index (χ1) is 16.4. The van der Waals surface area contributed by atoms with Crippen LogP contribution in [0.15, 0.2) is 53.4 Å². The van der Waals surface area contributed by atoms with E-state index in [0.717, 1.165) is 27.8 Å². The summed E-state index contributed by atoms with van der Waals surface area (Å²) in [5, 5.41) is 3.73. The van der Waals surface area contributed by atoms with Gasteiger partial charge in [0.2, 0.25) is 0 Å². The molecule has 8 heteroatoms. The van der Waals surface area contributed by atoms with Gasteiger partial charge >= 0.3 is 5.97 Å². The van der Waals surface area contributed by atoms with Crippen molar-refractivity contribution in [2.75, 3.05) is 11.8 Å². The Balaban J connectivity index is 1.86. The van der Waals surface area contributed by atoms with Gasteiger partial charge < -0.3 is 10.1 Å². The SMILES string of the molecule is COC(=O)C(C)NCc1c(C)cc(-c2cccc(NS(=O)(=O)c3cc(C)c(Cl)cc3C)c2)cc1C. The second kappa shape index (κ2) is 10.8. The molecule has 0 heterocycles. The van der Waals surface area contributed by atoms with Crippen LogP contribution in [0.3, 0.4) is 0 Å². The van der Waals surface area contributed by atoms with Crippen LogP contribution in [0, 0.1) is 27.7 Å². The van der Waals surface area contributed by atoms with E-state index in [1.165, 1.54) is 7.11 Å². The lowest BCUT2D eigenvalue weighted by molar-refractivity contribution is -0.142. The quantitative estimate of drug-likeness (QED) is 0.377. The molecular formula is C27H31ClN2O4S. The maximum absolute atomic E-state index is 13.1. The molecule has 1 atom stereocenters. The predicted octanol–water partition coefficient (Wildman–Crippen LogP) is 5.69. The van der Waals surface area contributed by atoms with Crippen LogP contribution in [-0.2, 0) is 26.1 Å². The summed E-state index contributed by atoms with van der Waals surface area (Å²) in [7, 11) is -2.41. The number of carbonyl (C=O) groups excluding carboxylic acids is 1. The van der Waals surface area contributed by atoms with Crippen molar-refractivity contribution in [1.82, 2.24) is 5.32 Å². The molecule has 0 fully saturated rings. The number of benzene rings is 3. The van der Waals surface area contributed by atoms with Crippen LogP contribution in [0.5, 0.6) is 0 Å². The molecule has 0 amide bonds. The highest BCUT2D eigenvalue weighted by atomic mass is 35.5. The Labute approximate surface area is 212 Å². The van der Waals surface area contributed by atoms with Crippen LogP contribution in [0.2, 0.25) is 5.02 Å². The van der Waals surface area contributed by atoms with Gasteiger partial charge in [0, 0.05) is 17.3 Å². The molecular weight excluding hydrogens is 484 g/mol. The number of sulfonamides is 1. The van der Waals surface area contributed by atoms with E-state index >= 15 is 0 Å². The monoisotopic (exact) mass is 514 g/mol. The Morgan fingerprint density at radius 3 is 2.23 bits per heavy atom. The summed E-state index contributed by atoms with van der Waals surface area (Å²) >= 11 is 6.14. The van der Waals surface area contributed by atoms with Gasteiger partial charge in [-0.25, -0.2) is 8.42 Å². The van der Waals surface area contributed by atoms with Gasteiger partial charge in [0.1, 0.15) is 6.04 Å². The Morgan fingerprint density at radius 1 is 0.943 bits per heavy atom. The average molecular weight is 515 g/mol. The van der Waals surface area contributed by atoms with Crippen LogP contribution >= 0.6 is 11.6 Å². The highest BCUT2D eigenvalue weighted by Gasteiger charge is 2.19. The Hall–Kier alpha value is -2.87. The van der Waals surface area contributed by atoms with Gasteiger partial charge in [-0.05, 0) is 97.8 Å². The van der Waals surface area contributed by atoms with E-state index in [1.807, 2.05) is 32.0 Å². The fourth-order valence-corrected chi connectivity index (χ4v) is 5.55. The van der Waals surface area contributed by atoms with E-state index in [9.17, 15) is 13.2 Å². The first-order valence-electron chi connectivity index (χ1n) is 11.2. The highest BCUT2D eigenvalue weighted by molar-refractivity contribution is 7.92. The van der Waals surface area contributed by atoms with Crippen molar-refractivity contribution in [2.45, 2.75) is 52.1 Å². The summed E-state index contributed by atoms with van der Waals surface area (Å²) in [4.78, 5) is 11.9. The van der Waals surface area contributed by atoms with Crippen molar-refractivity contribution in [3.63, 3.8) is 0 Å². The second-order valence-electron chi connectivity index (χ2n) is 8.77. The van der Waals surface area contributed by atoms with Gasteiger partial charge in [-0.3, -0.25) is 9.52 Å². The molecule has 0 aliphatic carbocycles. The lowest BCUT2D eigenvalue weighted by Gasteiger charge is -2.17. The number of anilines is 1. The van der Waals surface area contributed by atoms with Gasteiger partial charge in [-0.15, -0.1) is 0 Å². The number of aryl methyl sites for hydroxylation is 4. The molecule has 0 aromatic heterocycles. The third-order valence-electron chi connectivity index (χ3n) is 6.03. The standard InChI is InChI=1S/C27H31ClN2O4S/c1-16-10-22(11-17(2)24(16)15-29-20(5)27(31)34-6)21-8-7-9-23(14-21)30-35(32,33)26-13-18(3)25(28)12-19(26)4/h7-14,20,29-30H,15H2,1-6H3. The van der Waals surface area contributed by atoms with Crippen LogP contribution in [0.25, 0.3) is 11.1 Å². The van der Waals surface area contributed by atoms with E-state index < -0.39 is 16.1 Å². The summed E-state index contributed by atoms with van der Waals surface area (Å²) in [6.45, 7) is 9.85. The molecule has 0 aliphatic heterocycles. The van der Waals surface area contributed by atoms with Crippen LogP contribution in [0.4, 0.5) is 5.69 Å². The number of carbonyl (C=O) groups is 1. The zero-order chi connectivity index (χ0) is 25.9. The van der Waals surface area contributed by atoms with Gasteiger partial charge in [0.05, 0.1) is 12.0 Å². The van der Waals surface area contributed by atoms with Crippen LogP contribution in [0.1, 0.15) is 34.7 Å². The number of methoxy groups -OCH3 is 1. The fourth-order valence-electron chi connectivity index (χ4n) is 3.97. The lowest BCUT2D eigenvalue weighted by Crippen LogP contribution is -2.34. The molecule has 0 radical (unpaired) electrons. The molecule has 35 heavy (non-hydrogen) atoms. The number of rotatable bonds is 8. The normalized spacial score (nSPS) is 12.3. The zero-order valence-corrected chi connectivity index (χ0v) is 22.4. The van der Waals surface area contributed by atoms with Crippen molar-refractivity contribution in [3.05, 3.63) is 81.4 Å². The zero-order valence-electron chi connectivity index (χ0n) is 20.8. The number of hydrogen-bond acceptors (Lipinski definition) is 5. The van der Waals surface area contributed by atoms with Gasteiger partial charge in [-0.2, -0.15) is 0 Å². The fraction of sp³-hybridized carbons (Fsp3) is 0.296. The smallest absolute Gasteiger partial charge is 0.322 e. The molecule has 0 bridgehead atoms. The lowest BCUT2D eigenvalue weighted by atomic mass is 9.95. The minimum absolute atomic E-state index is 0.203. The van der Waals surface area contributed by atoms with Gasteiger partial charge in [0.25, 0.3) is 10.0 Å². The van der Waals surface area contributed by atoms with Crippen molar-refractivity contribution in [1.29, 1.82) is 0 Å². The summed E-state index contributed by atoms with van der Waals surface area (Å²) in [6, 6.07) is 14.3. The number of halogens is 1. The topological polar surface area (TPSA) is 84.5 Å². The molecule has 186 valence electrons. The third kappa shape index (κ3) is 6.23. The number of esters is 1. The third-order valence-corrected chi connectivity index (χ3v) is 7.96. The molecule has 6 nitrogen and oxygen atoms in total. The van der Waals surface area contributed by atoms with Crippen LogP contribution in [-0.4, -0.2) is 27.5 Å². The number of hydrogen-bond donors (Lipinski definition) is 2. The molecule has 2 N–H and O–H groups in total. The molecule has 3 aromatic rings. The van der Waals surface area contributed by atoms with Crippen molar-refractivity contribution < 1.29 is 17.9 Å². The van der Waals surface area contributed by atoms with E-state index in [1.54, 1.807) is 39.0 Å². The predicted molar refractivity (Wildman–Crippen MR) is 141 cm³/mol. The van der Waals surface area contributed by atoms with E-state index in [2.05, 4.69) is 22.2 Å². The molecule has 3 rings (SSSR count). The summed E-state index contributed by atoms with van der Waals surface area (Å²) in [6.07, 6.45) is 0. The summed E-state index contributed by atoms with van der Waals surface area (Å²) in [5.41, 5.74) is 6.88. The van der Waals surface area contributed by atoms with Crippen molar-refractivity contribution >= 4 is 33.3 Å². The molecule has 0 saturated heterocycles. The van der Waals surface area contributed by atoms with Crippen molar-refractivity contribution in [3.8, 4) is 11.1 Å². The van der Waals surface area contributed by atoms with Gasteiger partial charge in [0.15, 0.2) is 0 Å². The highest BCUT2D eigenvalue weighted by Crippen LogP contribution is 2.29. The Kier molecular flexibility index (Phi) is 8.26. The first kappa shape index (κ1) is 26.7. The maximum atomic E-state index is 13.1. The minimum atomic E-state index is -3.78. The molecule has 1 unspecified atom stereocenters. The minimum Gasteiger partial charge on any atom is -0.468 e.